The van der Waals surface area contributed by atoms with Crippen molar-refractivity contribution in [2.75, 3.05) is 34.7 Å². The van der Waals surface area contributed by atoms with Crippen LogP contribution in [0.1, 0.15) is 27.8 Å². The smallest absolute Gasteiger partial charge is 0.333 e. The number of nitrogens with zero attached hydrogens (tertiary/aromatic N) is 6. The monoisotopic (exact) mass is 610 g/mol. The summed E-state index contributed by atoms with van der Waals surface area (Å²) in [6.07, 6.45) is 7.37. The number of carbonyl (C=O) groups is 2. The molecule has 5 aromatic rings. The molecule has 1 unspecified atom stereocenters. The molecular weight excluding hydrogens is 579 g/mol. The van der Waals surface area contributed by atoms with E-state index < -0.39 is 5.97 Å². The highest BCUT2D eigenvalue weighted by molar-refractivity contribution is 7.99. The second-order valence-corrected chi connectivity index (χ2v) is 12.1. The van der Waals surface area contributed by atoms with E-state index >= 15 is 0 Å². The summed E-state index contributed by atoms with van der Waals surface area (Å²) < 4.78 is 17.4. The quantitative estimate of drug-likeness (QED) is 0.131. The van der Waals surface area contributed by atoms with Crippen molar-refractivity contribution in [3.05, 3.63) is 114 Å². The minimum atomic E-state index is -0.502. The van der Waals surface area contributed by atoms with Gasteiger partial charge in [0.05, 0.1) is 12.1 Å². The van der Waals surface area contributed by atoms with Gasteiger partial charge in [-0.25, -0.2) is 14.0 Å². The standard InChI is InChI=1S/C33H31FN6O3S/c1-37(2)19-30(41)43-36-31(26-13-15-39-29(26)20-44-32(39)23-6-5-14-35-17-23)27-18-40(33(42)38(3)4)28-16-22(9-12-25(27)28)21-7-10-24(34)11-8-21/h5-18,32H,19-20H2,1-4H3. The van der Waals surface area contributed by atoms with E-state index in [0.717, 1.165) is 33.3 Å². The predicted molar refractivity (Wildman–Crippen MR) is 170 cm³/mol. The van der Waals surface area contributed by atoms with Crippen molar-refractivity contribution in [1.29, 1.82) is 0 Å². The Bertz CT molecular complexity index is 1880. The highest BCUT2D eigenvalue weighted by atomic mass is 32.2. The van der Waals surface area contributed by atoms with Gasteiger partial charge in [0.25, 0.3) is 0 Å². The molecule has 6 rings (SSSR count). The molecule has 1 aliphatic heterocycles. The maximum atomic E-state index is 13.6. The van der Waals surface area contributed by atoms with E-state index in [4.69, 9.17) is 4.84 Å². The number of carbonyl (C=O) groups excluding carboxylic acids is 2. The molecule has 0 bridgehead atoms. The summed E-state index contributed by atoms with van der Waals surface area (Å²) in [6, 6.07) is 17.7. The predicted octanol–water partition coefficient (Wildman–Crippen LogP) is 5.82. The molecule has 0 fully saturated rings. The Balaban J connectivity index is 1.51. The van der Waals surface area contributed by atoms with Crippen LogP contribution in [0, 0.1) is 5.82 Å². The van der Waals surface area contributed by atoms with Crippen LogP contribution in [0.15, 0.2) is 90.6 Å². The SMILES string of the molecule is CN(C)CC(=O)ON=C(c1ccn2c1CSC2c1cccnc1)c1cn(C(=O)N(C)C)c2cc(-c3ccc(F)cc3)ccc12. The highest BCUT2D eigenvalue weighted by Crippen LogP contribution is 2.43. The van der Waals surface area contributed by atoms with Gasteiger partial charge in [0.1, 0.15) is 16.9 Å². The van der Waals surface area contributed by atoms with E-state index in [1.807, 2.05) is 42.7 Å². The topological polar surface area (TPSA) is 85.0 Å². The lowest BCUT2D eigenvalue weighted by Crippen LogP contribution is -2.26. The number of fused-ring (bicyclic) bond motifs is 2. The lowest BCUT2D eigenvalue weighted by Gasteiger charge is -2.12. The second-order valence-electron chi connectivity index (χ2n) is 11.0. The Kier molecular flexibility index (Phi) is 8.07. The van der Waals surface area contributed by atoms with Gasteiger partial charge < -0.3 is 14.3 Å². The van der Waals surface area contributed by atoms with E-state index in [1.54, 1.807) is 73.9 Å². The van der Waals surface area contributed by atoms with Crippen LogP contribution in [0.25, 0.3) is 22.0 Å². The Hall–Kier alpha value is -4.74. The number of aromatic nitrogens is 3. The molecule has 0 radical (unpaired) electrons. The maximum Gasteiger partial charge on any atom is 0.348 e. The van der Waals surface area contributed by atoms with Crippen molar-refractivity contribution in [2.24, 2.45) is 5.16 Å². The first kappa shape index (κ1) is 29.3. The number of benzene rings is 2. The summed E-state index contributed by atoms with van der Waals surface area (Å²) >= 11 is 1.77. The van der Waals surface area contributed by atoms with Gasteiger partial charge in [0, 0.05) is 72.4 Å². The van der Waals surface area contributed by atoms with Crippen LogP contribution in [-0.2, 0) is 15.4 Å². The minimum Gasteiger partial charge on any atom is -0.333 e. The summed E-state index contributed by atoms with van der Waals surface area (Å²) in [5.41, 5.74) is 6.28. The number of hydrogen-bond acceptors (Lipinski definition) is 7. The van der Waals surface area contributed by atoms with Gasteiger partial charge in [0.2, 0.25) is 0 Å². The number of rotatable bonds is 7. The van der Waals surface area contributed by atoms with Gasteiger partial charge in [-0.15, -0.1) is 11.8 Å². The van der Waals surface area contributed by atoms with Crippen molar-refractivity contribution in [3.8, 4) is 11.1 Å². The number of likely N-dealkylation sites (N-methyl/N-ethyl adjacent to an activating group) is 1. The fourth-order valence-corrected chi connectivity index (χ4v) is 6.63. The number of pyridine rings is 1. The summed E-state index contributed by atoms with van der Waals surface area (Å²) in [6.45, 7) is 0.0610. The fourth-order valence-electron chi connectivity index (χ4n) is 5.32. The van der Waals surface area contributed by atoms with E-state index in [1.165, 1.54) is 17.0 Å². The largest absolute Gasteiger partial charge is 0.348 e. The van der Waals surface area contributed by atoms with E-state index in [9.17, 15) is 14.0 Å². The third kappa shape index (κ3) is 5.63. The van der Waals surface area contributed by atoms with Gasteiger partial charge >= 0.3 is 12.0 Å². The normalized spacial score (nSPS) is 14.7. The Morgan fingerprint density at radius 3 is 2.52 bits per heavy atom. The first-order chi connectivity index (χ1) is 21.2. The van der Waals surface area contributed by atoms with Gasteiger partial charge in [-0.05, 0) is 55.6 Å². The molecule has 44 heavy (non-hydrogen) atoms. The molecule has 0 spiro atoms. The van der Waals surface area contributed by atoms with Crippen LogP contribution >= 0.6 is 11.8 Å². The van der Waals surface area contributed by atoms with E-state index in [0.29, 0.717) is 22.5 Å². The lowest BCUT2D eigenvalue weighted by atomic mass is 9.99. The van der Waals surface area contributed by atoms with Crippen LogP contribution in [0.4, 0.5) is 9.18 Å². The van der Waals surface area contributed by atoms with Gasteiger partial charge in [-0.2, -0.15) is 0 Å². The zero-order chi connectivity index (χ0) is 31.0. The fraction of sp³-hybridized carbons (Fsp3) is 0.212. The molecule has 0 saturated carbocycles. The van der Waals surface area contributed by atoms with Crippen LogP contribution < -0.4 is 0 Å². The molecule has 0 aliphatic carbocycles. The molecule has 2 aromatic carbocycles. The van der Waals surface area contributed by atoms with Gasteiger partial charge in [-0.1, -0.05) is 35.5 Å². The maximum absolute atomic E-state index is 13.6. The average molecular weight is 611 g/mol. The van der Waals surface area contributed by atoms with Crippen LogP contribution in [0.5, 0.6) is 0 Å². The van der Waals surface area contributed by atoms with E-state index in [2.05, 4.69) is 20.8 Å². The van der Waals surface area contributed by atoms with Crippen LogP contribution in [-0.4, -0.2) is 76.4 Å². The summed E-state index contributed by atoms with van der Waals surface area (Å²) in [4.78, 5) is 39.1. The summed E-state index contributed by atoms with van der Waals surface area (Å²) in [5.74, 6) is -0.120. The van der Waals surface area contributed by atoms with Crippen molar-refractivity contribution in [3.63, 3.8) is 0 Å². The molecule has 1 amide bonds. The molecule has 1 aliphatic rings. The lowest BCUT2D eigenvalue weighted by molar-refractivity contribution is -0.144. The molecular formula is C33H31FN6O3S. The molecule has 0 N–H and O–H groups in total. The zero-order valence-corrected chi connectivity index (χ0v) is 25.6. The second kappa shape index (κ2) is 12.1. The molecule has 3 aromatic heterocycles. The Morgan fingerprint density at radius 2 is 1.82 bits per heavy atom. The molecule has 11 heteroatoms. The summed E-state index contributed by atoms with van der Waals surface area (Å²) in [5, 5.41) is 5.24. The number of amides is 1. The Morgan fingerprint density at radius 1 is 1.05 bits per heavy atom. The van der Waals surface area contributed by atoms with Gasteiger partial charge in [-0.3, -0.25) is 14.5 Å². The summed E-state index contributed by atoms with van der Waals surface area (Å²) in [7, 11) is 6.93. The van der Waals surface area contributed by atoms with Crippen molar-refractivity contribution >= 4 is 40.4 Å². The third-order valence-corrected chi connectivity index (χ3v) is 8.65. The first-order valence-electron chi connectivity index (χ1n) is 14.0. The van der Waals surface area contributed by atoms with Crippen LogP contribution in [0.3, 0.4) is 0 Å². The first-order valence-corrected chi connectivity index (χ1v) is 15.0. The number of halogens is 1. The molecule has 1 atom stereocenters. The Labute approximate surface area is 258 Å². The zero-order valence-electron chi connectivity index (χ0n) is 24.8. The number of hydrogen-bond donors (Lipinski definition) is 0. The number of thioether (sulfide) groups is 1. The van der Waals surface area contributed by atoms with Crippen molar-refractivity contribution in [2.45, 2.75) is 11.1 Å². The number of oxime groups is 1. The van der Waals surface area contributed by atoms with E-state index in [-0.39, 0.29) is 23.8 Å². The highest BCUT2D eigenvalue weighted by Gasteiger charge is 2.30. The molecule has 224 valence electrons. The molecule has 0 saturated heterocycles. The third-order valence-electron chi connectivity index (χ3n) is 7.39. The van der Waals surface area contributed by atoms with Crippen molar-refractivity contribution in [1.82, 2.24) is 23.9 Å². The average Bonchev–Trinajstić information content (AvgIpc) is 3.72. The minimum absolute atomic E-state index is 0.0416. The van der Waals surface area contributed by atoms with Gasteiger partial charge in [0.15, 0.2) is 0 Å². The molecule has 9 nitrogen and oxygen atoms in total. The van der Waals surface area contributed by atoms with Crippen molar-refractivity contribution < 1.29 is 18.8 Å². The molecule has 4 heterocycles. The van der Waals surface area contributed by atoms with Crippen LogP contribution in [0.2, 0.25) is 0 Å².